The van der Waals surface area contributed by atoms with Crippen LogP contribution in [-0.2, 0) is 0 Å². The van der Waals surface area contributed by atoms with Gasteiger partial charge < -0.3 is 10.2 Å². The van der Waals surface area contributed by atoms with E-state index in [1.807, 2.05) is 83.6 Å². The van der Waals surface area contributed by atoms with Gasteiger partial charge in [-0.15, -0.1) is 0 Å². The lowest BCUT2D eigenvalue weighted by molar-refractivity contribution is 0.474. The van der Waals surface area contributed by atoms with Crippen molar-refractivity contribution in [1.82, 2.24) is 9.78 Å². The minimum absolute atomic E-state index is 0.233. The molecule has 2 N–H and O–H groups in total. The maximum atomic E-state index is 9.67. The summed E-state index contributed by atoms with van der Waals surface area (Å²) < 4.78 is 1.88. The quantitative estimate of drug-likeness (QED) is 0.472. The van der Waals surface area contributed by atoms with Crippen LogP contribution in [0.25, 0.3) is 30.0 Å². The zero-order valence-corrected chi connectivity index (χ0v) is 15.7. The summed E-state index contributed by atoms with van der Waals surface area (Å²) in [5, 5.41) is 24.0. The summed E-state index contributed by atoms with van der Waals surface area (Å²) in [7, 11) is 0. The number of benzene rings is 3. The van der Waals surface area contributed by atoms with Gasteiger partial charge in [0.25, 0.3) is 0 Å². The van der Waals surface area contributed by atoms with E-state index in [0.29, 0.717) is 0 Å². The lowest BCUT2D eigenvalue weighted by Crippen LogP contribution is -1.98. The second-order valence-corrected chi connectivity index (χ2v) is 6.60. The highest BCUT2D eigenvalue weighted by Gasteiger charge is 2.06. The van der Waals surface area contributed by atoms with Gasteiger partial charge in [-0.2, -0.15) is 5.10 Å². The van der Waals surface area contributed by atoms with Crippen molar-refractivity contribution in [3.8, 4) is 17.2 Å². The molecule has 0 aliphatic rings. The van der Waals surface area contributed by atoms with Crippen molar-refractivity contribution in [2.45, 2.75) is 0 Å². The average molecular weight is 380 g/mol. The second-order valence-electron chi connectivity index (χ2n) is 6.60. The number of aromatic nitrogens is 2. The topological polar surface area (TPSA) is 58.3 Å². The lowest BCUT2D eigenvalue weighted by Gasteiger charge is -2.04. The lowest BCUT2D eigenvalue weighted by atomic mass is 10.1. The first-order valence-electron chi connectivity index (χ1n) is 9.27. The molecule has 29 heavy (non-hydrogen) atoms. The summed E-state index contributed by atoms with van der Waals surface area (Å²) in [6, 6.07) is 26.1. The normalized spacial score (nSPS) is 11.4. The summed E-state index contributed by atoms with van der Waals surface area (Å²) in [5.41, 5.74) is 4.47. The fourth-order valence-corrected chi connectivity index (χ4v) is 3.01. The second kappa shape index (κ2) is 8.31. The SMILES string of the molecule is Oc1cccc(/C=C/c2cc(/C=C/c3cccc(O)c3)n(-c3ccccc3)n2)c1. The zero-order chi connectivity index (χ0) is 20.1. The third kappa shape index (κ3) is 4.62. The predicted molar refractivity (Wildman–Crippen MR) is 118 cm³/mol. The number of hydrogen-bond donors (Lipinski definition) is 2. The van der Waals surface area contributed by atoms with Gasteiger partial charge in [-0.05, 0) is 65.7 Å². The molecule has 0 saturated carbocycles. The Morgan fingerprint density at radius 1 is 0.621 bits per heavy atom. The summed E-state index contributed by atoms with van der Waals surface area (Å²) in [6.07, 6.45) is 7.75. The molecule has 0 unspecified atom stereocenters. The maximum Gasteiger partial charge on any atom is 0.116 e. The molecule has 142 valence electrons. The Labute approximate surface area is 169 Å². The van der Waals surface area contributed by atoms with Gasteiger partial charge in [0.1, 0.15) is 11.5 Å². The van der Waals surface area contributed by atoms with Crippen LogP contribution in [0.15, 0.2) is 84.9 Å². The molecule has 0 aliphatic carbocycles. The van der Waals surface area contributed by atoms with Crippen molar-refractivity contribution >= 4 is 24.3 Å². The van der Waals surface area contributed by atoms with Crippen LogP contribution in [-0.4, -0.2) is 20.0 Å². The molecule has 3 aromatic carbocycles. The zero-order valence-electron chi connectivity index (χ0n) is 15.7. The van der Waals surface area contributed by atoms with Crippen LogP contribution in [0.5, 0.6) is 11.5 Å². The fourth-order valence-electron chi connectivity index (χ4n) is 3.01. The molecule has 0 radical (unpaired) electrons. The van der Waals surface area contributed by atoms with Gasteiger partial charge >= 0.3 is 0 Å². The molecule has 1 aromatic heterocycles. The largest absolute Gasteiger partial charge is 0.508 e. The highest BCUT2D eigenvalue weighted by molar-refractivity contribution is 5.73. The summed E-state index contributed by atoms with van der Waals surface area (Å²) in [5.74, 6) is 0.468. The van der Waals surface area contributed by atoms with Gasteiger partial charge in [0.15, 0.2) is 0 Å². The molecular weight excluding hydrogens is 360 g/mol. The molecule has 4 aromatic rings. The predicted octanol–water partition coefficient (Wildman–Crippen LogP) is 5.62. The number of para-hydroxylation sites is 1. The molecule has 0 amide bonds. The summed E-state index contributed by atoms with van der Waals surface area (Å²) in [6.45, 7) is 0. The summed E-state index contributed by atoms with van der Waals surface area (Å²) >= 11 is 0. The van der Waals surface area contributed by atoms with Crippen LogP contribution >= 0.6 is 0 Å². The molecule has 1 heterocycles. The van der Waals surface area contributed by atoms with Gasteiger partial charge in [0.05, 0.1) is 17.1 Å². The van der Waals surface area contributed by atoms with Gasteiger partial charge in [-0.25, -0.2) is 4.68 Å². The Kier molecular flexibility index (Phi) is 5.25. The Morgan fingerprint density at radius 2 is 1.24 bits per heavy atom. The monoisotopic (exact) mass is 380 g/mol. The third-order valence-electron chi connectivity index (χ3n) is 4.39. The van der Waals surface area contributed by atoms with Crippen molar-refractivity contribution in [2.75, 3.05) is 0 Å². The number of nitrogens with zero attached hydrogens (tertiary/aromatic N) is 2. The smallest absolute Gasteiger partial charge is 0.116 e. The van der Waals surface area contributed by atoms with E-state index in [-0.39, 0.29) is 11.5 Å². The first kappa shape index (κ1) is 18.3. The van der Waals surface area contributed by atoms with Crippen molar-refractivity contribution < 1.29 is 10.2 Å². The van der Waals surface area contributed by atoms with Crippen LogP contribution in [0.3, 0.4) is 0 Å². The van der Waals surface area contributed by atoms with Crippen molar-refractivity contribution in [3.63, 3.8) is 0 Å². The Hall–Kier alpha value is -4.05. The van der Waals surface area contributed by atoms with Gasteiger partial charge in [0.2, 0.25) is 0 Å². The van der Waals surface area contributed by atoms with Crippen LogP contribution in [0.4, 0.5) is 0 Å². The highest BCUT2D eigenvalue weighted by Crippen LogP contribution is 2.19. The van der Waals surface area contributed by atoms with Gasteiger partial charge in [0, 0.05) is 0 Å². The number of phenols is 2. The van der Waals surface area contributed by atoms with E-state index in [2.05, 4.69) is 0 Å². The highest BCUT2D eigenvalue weighted by atomic mass is 16.3. The van der Waals surface area contributed by atoms with E-state index in [1.54, 1.807) is 30.3 Å². The molecule has 4 rings (SSSR count). The molecule has 4 heteroatoms. The molecule has 0 aliphatic heterocycles. The Morgan fingerprint density at radius 3 is 1.86 bits per heavy atom. The van der Waals surface area contributed by atoms with Crippen molar-refractivity contribution in [2.24, 2.45) is 0 Å². The van der Waals surface area contributed by atoms with Crippen molar-refractivity contribution in [3.05, 3.63) is 107 Å². The molecule has 0 atom stereocenters. The van der Waals surface area contributed by atoms with E-state index >= 15 is 0 Å². The molecule has 0 fully saturated rings. The molecule has 0 saturated heterocycles. The van der Waals surface area contributed by atoms with Gasteiger partial charge in [-0.3, -0.25) is 0 Å². The Bertz CT molecular complexity index is 1170. The Balaban J connectivity index is 1.69. The third-order valence-corrected chi connectivity index (χ3v) is 4.39. The number of hydrogen-bond acceptors (Lipinski definition) is 3. The van der Waals surface area contributed by atoms with Gasteiger partial charge in [-0.1, -0.05) is 54.6 Å². The van der Waals surface area contributed by atoms with E-state index < -0.39 is 0 Å². The number of aromatic hydroxyl groups is 2. The number of phenolic OH excluding ortho intramolecular Hbond substituents is 2. The maximum absolute atomic E-state index is 9.67. The van der Waals surface area contributed by atoms with Crippen LogP contribution < -0.4 is 0 Å². The minimum Gasteiger partial charge on any atom is -0.508 e. The fraction of sp³-hybridized carbons (Fsp3) is 0. The van der Waals surface area contributed by atoms with E-state index in [4.69, 9.17) is 5.10 Å². The van der Waals surface area contributed by atoms with E-state index in [0.717, 1.165) is 28.2 Å². The standard InChI is InChI=1S/C25H20N2O2/c28-24-10-4-6-19(16-24)12-14-21-18-23(15-13-20-7-5-11-25(29)17-20)27(26-21)22-8-2-1-3-9-22/h1-18,28-29H/b14-12+,15-13+. The average Bonchev–Trinajstić information content (AvgIpc) is 3.15. The van der Waals surface area contributed by atoms with Crippen molar-refractivity contribution in [1.29, 1.82) is 0 Å². The summed E-state index contributed by atoms with van der Waals surface area (Å²) in [4.78, 5) is 0. The molecule has 0 bridgehead atoms. The van der Waals surface area contributed by atoms with Crippen LogP contribution in [0.1, 0.15) is 22.5 Å². The number of rotatable bonds is 5. The minimum atomic E-state index is 0.233. The van der Waals surface area contributed by atoms with E-state index in [9.17, 15) is 10.2 Å². The van der Waals surface area contributed by atoms with Crippen LogP contribution in [0, 0.1) is 0 Å². The van der Waals surface area contributed by atoms with Crippen LogP contribution in [0.2, 0.25) is 0 Å². The molecular formula is C25H20N2O2. The molecule has 0 spiro atoms. The first-order valence-corrected chi connectivity index (χ1v) is 9.27. The first-order chi connectivity index (χ1) is 14.2. The molecule has 4 nitrogen and oxygen atoms in total. The van der Waals surface area contributed by atoms with E-state index in [1.165, 1.54) is 0 Å².